The molecular formula is C11H8FNO5S. The Morgan fingerprint density at radius 1 is 1.42 bits per heavy atom. The molecule has 0 aliphatic heterocycles. The number of nitrogens with zero attached hydrogens (tertiary/aromatic N) is 1. The molecule has 1 aromatic carbocycles. The third-order valence-corrected chi connectivity index (χ3v) is 3.43. The van der Waals surface area contributed by atoms with Crippen molar-refractivity contribution in [2.24, 2.45) is 0 Å². The minimum atomic E-state index is -3.52. The first-order chi connectivity index (χ1) is 8.79. The number of halogens is 1. The van der Waals surface area contributed by atoms with E-state index in [1.165, 1.54) is 12.1 Å². The average Bonchev–Trinajstić information content (AvgIpc) is 2.76. The summed E-state index contributed by atoms with van der Waals surface area (Å²) in [4.78, 5) is 14.1. The molecule has 0 unspecified atom stereocenters. The zero-order valence-corrected chi connectivity index (χ0v) is 10.4. The Hall–Kier alpha value is -2.22. The molecule has 0 atom stereocenters. The van der Waals surface area contributed by atoms with Crippen molar-refractivity contribution in [3.05, 3.63) is 36.0 Å². The molecule has 0 amide bonds. The number of oxazole rings is 1. The van der Waals surface area contributed by atoms with Gasteiger partial charge in [-0.25, -0.2) is 22.6 Å². The van der Waals surface area contributed by atoms with E-state index in [9.17, 15) is 17.6 Å². The summed E-state index contributed by atoms with van der Waals surface area (Å²) in [6, 6.07) is 3.19. The highest BCUT2D eigenvalue weighted by molar-refractivity contribution is 7.90. The zero-order valence-electron chi connectivity index (χ0n) is 9.62. The van der Waals surface area contributed by atoms with Gasteiger partial charge in [-0.05, 0) is 18.2 Å². The van der Waals surface area contributed by atoms with E-state index >= 15 is 0 Å². The highest BCUT2D eigenvalue weighted by atomic mass is 32.2. The average molecular weight is 285 g/mol. The van der Waals surface area contributed by atoms with Crippen LogP contribution >= 0.6 is 0 Å². The van der Waals surface area contributed by atoms with Gasteiger partial charge in [0.2, 0.25) is 11.7 Å². The van der Waals surface area contributed by atoms with Gasteiger partial charge in [0.05, 0.1) is 16.7 Å². The Bertz CT molecular complexity index is 750. The largest absolute Gasteiger partial charge is 0.475 e. The Balaban J connectivity index is 2.49. The van der Waals surface area contributed by atoms with Crippen molar-refractivity contribution in [2.45, 2.75) is 4.90 Å². The van der Waals surface area contributed by atoms with Crippen LogP contribution in [0.15, 0.2) is 33.7 Å². The van der Waals surface area contributed by atoms with E-state index in [4.69, 9.17) is 9.52 Å². The number of aromatic carboxylic acids is 1. The van der Waals surface area contributed by atoms with Crippen molar-refractivity contribution in [3.63, 3.8) is 0 Å². The molecule has 0 saturated carbocycles. The van der Waals surface area contributed by atoms with Gasteiger partial charge in [-0.15, -0.1) is 0 Å². The molecule has 1 heterocycles. The van der Waals surface area contributed by atoms with Crippen molar-refractivity contribution in [3.8, 4) is 11.5 Å². The summed E-state index contributed by atoms with van der Waals surface area (Å²) >= 11 is 0. The van der Waals surface area contributed by atoms with Crippen molar-refractivity contribution < 1.29 is 27.1 Å². The van der Waals surface area contributed by atoms with Crippen LogP contribution in [0.1, 0.15) is 10.6 Å². The van der Waals surface area contributed by atoms with E-state index < -0.39 is 27.4 Å². The second-order valence-electron chi connectivity index (χ2n) is 3.75. The molecule has 0 spiro atoms. The lowest BCUT2D eigenvalue weighted by atomic mass is 10.2. The van der Waals surface area contributed by atoms with E-state index in [-0.39, 0.29) is 16.3 Å². The molecule has 0 saturated heterocycles. The molecule has 0 bridgehead atoms. The predicted octanol–water partition coefficient (Wildman–Crippen LogP) is 1.58. The molecule has 0 fully saturated rings. The van der Waals surface area contributed by atoms with E-state index in [1.54, 1.807) is 0 Å². The summed E-state index contributed by atoms with van der Waals surface area (Å²) in [5.74, 6) is -2.84. The fourth-order valence-corrected chi connectivity index (χ4v) is 2.03. The third kappa shape index (κ3) is 2.63. The smallest absolute Gasteiger partial charge is 0.373 e. The van der Waals surface area contributed by atoms with Gasteiger partial charge in [0.1, 0.15) is 5.82 Å². The lowest BCUT2D eigenvalue weighted by Gasteiger charge is -2.01. The molecule has 1 N–H and O–H groups in total. The topological polar surface area (TPSA) is 97.5 Å². The molecule has 0 radical (unpaired) electrons. The first kappa shape index (κ1) is 13.2. The first-order valence-electron chi connectivity index (χ1n) is 4.98. The first-order valence-corrected chi connectivity index (χ1v) is 6.87. The standard InChI is InChI=1S/C11H8FNO5S/c1-19(16,17)6-2-3-7(8(12)4-6)10-13-5-9(18-10)11(14)15/h2-5H,1H3,(H,14,15). The fraction of sp³-hybridized carbons (Fsp3) is 0.0909. The van der Waals surface area contributed by atoms with Crippen LogP contribution in [0.25, 0.3) is 11.5 Å². The van der Waals surface area contributed by atoms with Crippen LogP contribution in [0.3, 0.4) is 0 Å². The lowest BCUT2D eigenvalue weighted by Crippen LogP contribution is -1.98. The minimum absolute atomic E-state index is 0.111. The van der Waals surface area contributed by atoms with Crippen LogP contribution in [0.2, 0.25) is 0 Å². The fourth-order valence-electron chi connectivity index (χ4n) is 1.40. The summed E-state index contributed by atoms with van der Waals surface area (Å²) in [5.41, 5.74) is -0.111. The monoisotopic (exact) mass is 285 g/mol. The van der Waals surface area contributed by atoms with Gasteiger partial charge in [0.15, 0.2) is 9.84 Å². The van der Waals surface area contributed by atoms with Gasteiger partial charge in [-0.2, -0.15) is 0 Å². The Kier molecular flexibility index (Phi) is 3.11. The van der Waals surface area contributed by atoms with E-state index in [1.807, 2.05) is 0 Å². The second-order valence-corrected chi connectivity index (χ2v) is 5.76. The van der Waals surface area contributed by atoms with Gasteiger partial charge in [-0.3, -0.25) is 0 Å². The van der Waals surface area contributed by atoms with E-state index in [2.05, 4.69) is 4.98 Å². The van der Waals surface area contributed by atoms with Crippen LogP contribution in [0.4, 0.5) is 4.39 Å². The normalized spacial score (nSPS) is 11.5. The highest BCUT2D eigenvalue weighted by Gasteiger charge is 2.17. The number of sulfone groups is 1. The summed E-state index contributed by atoms with van der Waals surface area (Å²) in [7, 11) is -3.52. The van der Waals surface area contributed by atoms with Crippen molar-refractivity contribution in [1.82, 2.24) is 4.98 Å². The van der Waals surface area contributed by atoms with Gasteiger partial charge in [0.25, 0.3) is 0 Å². The number of rotatable bonds is 3. The molecule has 0 aliphatic carbocycles. The highest BCUT2D eigenvalue weighted by Crippen LogP contribution is 2.24. The molecule has 100 valence electrons. The molecule has 0 aliphatic rings. The Labute approximate surface area is 107 Å². The Morgan fingerprint density at radius 3 is 2.58 bits per heavy atom. The maximum Gasteiger partial charge on any atom is 0.373 e. The van der Waals surface area contributed by atoms with Crippen molar-refractivity contribution >= 4 is 15.8 Å². The van der Waals surface area contributed by atoms with Gasteiger partial charge in [0, 0.05) is 6.26 Å². The molecule has 1 aromatic heterocycles. The molecule has 8 heteroatoms. The summed E-state index contributed by atoms with van der Waals surface area (Å²) in [6.07, 6.45) is 1.90. The maximum atomic E-state index is 13.8. The summed E-state index contributed by atoms with van der Waals surface area (Å²) in [6.45, 7) is 0. The summed E-state index contributed by atoms with van der Waals surface area (Å²) < 4.78 is 41.1. The van der Waals surface area contributed by atoms with Crippen LogP contribution in [0.5, 0.6) is 0 Å². The number of benzene rings is 1. The molecular weight excluding hydrogens is 277 g/mol. The van der Waals surface area contributed by atoms with Crippen molar-refractivity contribution in [1.29, 1.82) is 0 Å². The SMILES string of the molecule is CS(=O)(=O)c1ccc(-c2ncc(C(=O)O)o2)c(F)c1. The van der Waals surface area contributed by atoms with Crippen LogP contribution in [0, 0.1) is 5.82 Å². The molecule has 2 rings (SSSR count). The number of aromatic nitrogens is 1. The second kappa shape index (κ2) is 4.47. The van der Waals surface area contributed by atoms with Crippen LogP contribution in [-0.2, 0) is 9.84 Å². The third-order valence-electron chi connectivity index (χ3n) is 2.32. The van der Waals surface area contributed by atoms with Crippen molar-refractivity contribution in [2.75, 3.05) is 6.26 Å². The minimum Gasteiger partial charge on any atom is -0.475 e. The number of carboxylic acids is 1. The number of carbonyl (C=O) groups is 1. The molecule has 6 nitrogen and oxygen atoms in total. The lowest BCUT2D eigenvalue weighted by molar-refractivity contribution is 0.0663. The quantitative estimate of drug-likeness (QED) is 0.919. The summed E-state index contributed by atoms with van der Waals surface area (Å²) in [5, 5.41) is 8.66. The van der Waals surface area contributed by atoms with Crippen LogP contribution in [-0.4, -0.2) is 30.7 Å². The number of carboxylic acid groups (broad SMARTS) is 1. The zero-order chi connectivity index (χ0) is 14.2. The molecule has 2 aromatic rings. The van der Waals surface area contributed by atoms with Gasteiger partial charge < -0.3 is 9.52 Å². The predicted molar refractivity (Wildman–Crippen MR) is 62.0 cm³/mol. The van der Waals surface area contributed by atoms with Crippen LogP contribution < -0.4 is 0 Å². The van der Waals surface area contributed by atoms with Gasteiger partial charge >= 0.3 is 5.97 Å². The molecule has 19 heavy (non-hydrogen) atoms. The van der Waals surface area contributed by atoms with E-state index in [0.717, 1.165) is 18.5 Å². The van der Waals surface area contributed by atoms with Gasteiger partial charge in [-0.1, -0.05) is 0 Å². The van der Waals surface area contributed by atoms with E-state index in [0.29, 0.717) is 0 Å². The number of hydrogen-bond donors (Lipinski definition) is 1. The Morgan fingerprint density at radius 2 is 2.11 bits per heavy atom. The number of hydrogen-bond acceptors (Lipinski definition) is 5. The maximum absolute atomic E-state index is 13.8.